The second kappa shape index (κ2) is 6.90. The van der Waals surface area contributed by atoms with Gasteiger partial charge in [0.05, 0.1) is 38.1 Å². The van der Waals surface area contributed by atoms with Crippen LogP contribution in [0.15, 0.2) is 28.9 Å². The molecule has 0 radical (unpaired) electrons. The van der Waals surface area contributed by atoms with Crippen LogP contribution >= 0.6 is 0 Å². The molecule has 9 nitrogen and oxygen atoms in total. The summed E-state index contributed by atoms with van der Waals surface area (Å²) in [7, 11) is 1.40. The predicted octanol–water partition coefficient (Wildman–Crippen LogP) is 2.60. The summed E-state index contributed by atoms with van der Waals surface area (Å²) in [5, 5.41) is 9.76. The van der Waals surface area contributed by atoms with Gasteiger partial charge in [-0.15, -0.1) is 0 Å². The average Bonchev–Trinajstić information content (AvgIpc) is 3.34. The highest BCUT2D eigenvalue weighted by Gasteiger charge is 2.28. The van der Waals surface area contributed by atoms with Crippen LogP contribution in [0, 0.1) is 0 Å². The maximum Gasteiger partial charge on any atom is 0.409 e. The summed E-state index contributed by atoms with van der Waals surface area (Å²) in [6.45, 7) is 2.65. The maximum atomic E-state index is 11.6. The number of nitrogens with zero attached hydrogens (tertiary/aromatic N) is 5. The van der Waals surface area contributed by atoms with E-state index in [2.05, 4.69) is 15.2 Å². The van der Waals surface area contributed by atoms with Crippen molar-refractivity contribution in [1.82, 2.24) is 24.8 Å². The minimum Gasteiger partial charge on any atom is -0.453 e. The van der Waals surface area contributed by atoms with Crippen molar-refractivity contribution in [3.63, 3.8) is 0 Å². The van der Waals surface area contributed by atoms with Crippen LogP contribution in [0.3, 0.4) is 0 Å². The zero-order valence-corrected chi connectivity index (χ0v) is 15.6. The second-order valence-corrected chi connectivity index (χ2v) is 7.24. The van der Waals surface area contributed by atoms with Gasteiger partial charge in [0.25, 0.3) is 5.89 Å². The van der Waals surface area contributed by atoms with Gasteiger partial charge in [0, 0.05) is 30.0 Å². The zero-order chi connectivity index (χ0) is 19.1. The number of methoxy groups -OCH3 is 1. The van der Waals surface area contributed by atoms with Crippen molar-refractivity contribution in [3.8, 4) is 11.5 Å². The Morgan fingerprint density at radius 2 is 2.07 bits per heavy atom. The zero-order valence-electron chi connectivity index (χ0n) is 15.6. The third-order valence-corrected chi connectivity index (χ3v) is 5.55. The smallest absolute Gasteiger partial charge is 0.409 e. The first-order valence-corrected chi connectivity index (χ1v) is 9.45. The molecule has 0 spiro atoms. The Hall–Kier alpha value is -2.94. The first-order valence-electron chi connectivity index (χ1n) is 9.45. The van der Waals surface area contributed by atoms with E-state index >= 15 is 0 Å². The SMILES string of the molecule is COC(=O)N1CCC(c2noc(-c3ccc4cnn(C5COC5)c4c3)n2)CC1. The Bertz CT molecular complexity index is 1000. The highest BCUT2D eigenvalue weighted by Crippen LogP contribution is 2.30. The van der Waals surface area contributed by atoms with Gasteiger partial charge < -0.3 is 18.9 Å². The molecule has 2 aliphatic heterocycles. The molecule has 9 heteroatoms. The summed E-state index contributed by atoms with van der Waals surface area (Å²) < 4.78 is 17.6. The van der Waals surface area contributed by atoms with E-state index in [-0.39, 0.29) is 18.1 Å². The lowest BCUT2D eigenvalue weighted by molar-refractivity contribution is -0.0266. The molecule has 0 unspecified atom stereocenters. The molecular formula is C19H21N5O4. The van der Waals surface area contributed by atoms with E-state index in [0.29, 0.717) is 38.0 Å². The minimum absolute atomic E-state index is 0.180. The summed E-state index contributed by atoms with van der Waals surface area (Å²) in [6.07, 6.45) is 3.17. The first-order chi connectivity index (χ1) is 13.7. The number of ether oxygens (including phenoxy) is 2. The van der Waals surface area contributed by atoms with E-state index < -0.39 is 0 Å². The van der Waals surface area contributed by atoms with Crippen LogP contribution in [-0.2, 0) is 9.47 Å². The lowest BCUT2D eigenvalue weighted by Gasteiger charge is -2.29. The topological polar surface area (TPSA) is 95.5 Å². The lowest BCUT2D eigenvalue weighted by atomic mass is 9.96. The molecule has 0 N–H and O–H groups in total. The van der Waals surface area contributed by atoms with E-state index in [1.807, 2.05) is 29.1 Å². The van der Waals surface area contributed by atoms with Gasteiger partial charge in [-0.3, -0.25) is 4.68 Å². The van der Waals surface area contributed by atoms with Crippen molar-refractivity contribution < 1.29 is 18.8 Å². The number of carbonyl (C=O) groups excluding carboxylic acids is 1. The molecule has 0 saturated carbocycles. The largest absolute Gasteiger partial charge is 0.453 e. The van der Waals surface area contributed by atoms with Gasteiger partial charge in [-0.1, -0.05) is 11.2 Å². The number of hydrogen-bond acceptors (Lipinski definition) is 7. The number of rotatable bonds is 3. The maximum absolute atomic E-state index is 11.6. The molecule has 0 aliphatic carbocycles. The number of amides is 1. The minimum atomic E-state index is -0.283. The Labute approximate surface area is 161 Å². The molecule has 0 atom stereocenters. The molecule has 0 bridgehead atoms. The van der Waals surface area contributed by atoms with Gasteiger partial charge in [0.1, 0.15) is 0 Å². The fourth-order valence-electron chi connectivity index (χ4n) is 3.79. The van der Waals surface area contributed by atoms with Crippen LogP contribution in [-0.4, -0.2) is 64.3 Å². The first kappa shape index (κ1) is 17.2. The van der Waals surface area contributed by atoms with Crippen LogP contribution in [0.2, 0.25) is 0 Å². The monoisotopic (exact) mass is 383 g/mol. The molecule has 2 aliphatic rings. The van der Waals surface area contributed by atoms with Crippen LogP contribution < -0.4 is 0 Å². The molecule has 28 heavy (non-hydrogen) atoms. The molecule has 2 aromatic heterocycles. The van der Waals surface area contributed by atoms with E-state index in [4.69, 9.17) is 14.0 Å². The summed E-state index contributed by atoms with van der Waals surface area (Å²) in [6, 6.07) is 6.32. The fraction of sp³-hybridized carbons (Fsp3) is 0.474. The third kappa shape index (κ3) is 2.91. The number of hydrogen-bond donors (Lipinski definition) is 0. The average molecular weight is 383 g/mol. The van der Waals surface area contributed by atoms with Crippen molar-refractivity contribution in [3.05, 3.63) is 30.2 Å². The van der Waals surface area contributed by atoms with E-state index in [0.717, 1.165) is 29.3 Å². The van der Waals surface area contributed by atoms with Gasteiger partial charge in [-0.05, 0) is 25.0 Å². The molecule has 5 rings (SSSR count). The highest BCUT2D eigenvalue weighted by atomic mass is 16.5. The molecule has 3 aromatic rings. The van der Waals surface area contributed by atoms with Crippen LogP contribution in [0.25, 0.3) is 22.4 Å². The van der Waals surface area contributed by atoms with E-state index in [9.17, 15) is 4.79 Å². The fourth-order valence-corrected chi connectivity index (χ4v) is 3.79. The number of likely N-dealkylation sites (tertiary alicyclic amines) is 1. The summed E-state index contributed by atoms with van der Waals surface area (Å²) >= 11 is 0. The Morgan fingerprint density at radius 1 is 1.25 bits per heavy atom. The van der Waals surface area contributed by atoms with Crippen molar-refractivity contribution in [2.24, 2.45) is 0 Å². The Kier molecular flexibility index (Phi) is 4.23. The molecule has 2 saturated heterocycles. The van der Waals surface area contributed by atoms with Crippen LogP contribution in [0.4, 0.5) is 4.79 Å². The van der Waals surface area contributed by atoms with E-state index in [1.165, 1.54) is 7.11 Å². The number of aromatic nitrogens is 4. The lowest BCUT2D eigenvalue weighted by Crippen LogP contribution is -2.37. The van der Waals surface area contributed by atoms with Crippen molar-refractivity contribution in [2.75, 3.05) is 33.4 Å². The molecule has 1 amide bonds. The standard InChI is InChI=1S/C19H21N5O4/c1-26-19(25)23-6-4-12(5-7-23)17-21-18(28-22-17)13-2-3-14-9-20-24(16(14)8-13)15-10-27-11-15/h2-3,8-9,12,15H,4-7,10-11H2,1H3. The molecular weight excluding hydrogens is 362 g/mol. The van der Waals surface area contributed by atoms with Crippen molar-refractivity contribution in [2.45, 2.75) is 24.8 Å². The van der Waals surface area contributed by atoms with Gasteiger partial charge >= 0.3 is 6.09 Å². The normalized spacial score (nSPS) is 18.4. The van der Waals surface area contributed by atoms with Crippen LogP contribution in [0.1, 0.15) is 30.6 Å². The molecule has 4 heterocycles. The van der Waals surface area contributed by atoms with Crippen LogP contribution in [0.5, 0.6) is 0 Å². The summed E-state index contributed by atoms with van der Waals surface area (Å²) in [5.74, 6) is 1.38. The van der Waals surface area contributed by atoms with E-state index in [1.54, 1.807) is 4.90 Å². The second-order valence-electron chi connectivity index (χ2n) is 7.24. The Balaban J connectivity index is 1.35. The van der Waals surface area contributed by atoms with Gasteiger partial charge in [-0.2, -0.15) is 10.1 Å². The molecule has 1 aromatic carbocycles. The molecule has 2 fully saturated rings. The molecule has 146 valence electrons. The summed E-state index contributed by atoms with van der Waals surface area (Å²) in [5.41, 5.74) is 1.91. The predicted molar refractivity (Wildman–Crippen MR) is 98.8 cm³/mol. The number of benzene rings is 1. The number of fused-ring (bicyclic) bond motifs is 1. The highest BCUT2D eigenvalue weighted by molar-refractivity contribution is 5.83. The number of piperidine rings is 1. The van der Waals surface area contributed by atoms with Gasteiger partial charge in [0.2, 0.25) is 0 Å². The number of carbonyl (C=O) groups is 1. The van der Waals surface area contributed by atoms with Crippen molar-refractivity contribution >= 4 is 17.0 Å². The van der Waals surface area contributed by atoms with Crippen molar-refractivity contribution in [1.29, 1.82) is 0 Å². The Morgan fingerprint density at radius 3 is 2.79 bits per heavy atom. The van der Waals surface area contributed by atoms with Gasteiger partial charge in [0.15, 0.2) is 5.82 Å². The quantitative estimate of drug-likeness (QED) is 0.686. The third-order valence-electron chi connectivity index (χ3n) is 5.55. The van der Waals surface area contributed by atoms with Gasteiger partial charge in [-0.25, -0.2) is 4.79 Å². The summed E-state index contributed by atoms with van der Waals surface area (Å²) in [4.78, 5) is 18.0.